The van der Waals surface area contributed by atoms with E-state index in [4.69, 9.17) is 4.74 Å². The maximum atomic E-state index is 12.2. The standard InChI is InChI=1S/C24H38F2O/c1-2-4-23-16-15-22(17-27-23)21-13-11-20(12-14-21)19-9-7-18(8-10-19)5-3-6-24(25)26/h2,4,6,18-23H,3,5,7-17H2,1H3/b4-2+. The lowest BCUT2D eigenvalue weighted by atomic mass is 9.66. The van der Waals surface area contributed by atoms with Crippen LogP contribution in [-0.2, 0) is 4.74 Å². The summed E-state index contributed by atoms with van der Waals surface area (Å²) in [5, 5.41) is 0. The summed E-state index contributed by atoms with van der Waals surface area (Å²) in [6, 6.07) is 0. The van der Waals surface area contributed by atoms with Crippen LogP contribution in [0.15, 0.2) is 24.3 Å². The maximum Gasteiger partial charge on any atom is 0.266 e. The van der Waals surface area contributed by atoms with Gasteiger partial charge in [0.25, 0.3) is 6.08 Å². The lowest BCUT2D eigenvalue weighted by Gasteiger charge is -2.41. The van der Waals surface area contributed by atoms with E-state index in [2.05, 4.69) is 19.1 Å². The van der Waals surface area contributed by atoms with Crippen molar-refractivity contribution in [2.24, 2.45) is 29.6 Å². The smallest absolute Gasteiger partial charge is 0.266 e. The van der Waals surface area contributed by atoms with E-state index < -0.39 is 6.08 Å². The van der Waals surface area contributed by atoms with E-state index in [0.29, 0.717) is 18.4 Å². The second-order valence-corrected chi connectivity index (χ2v) is 9.26. The predicted molar refractivity (Wildman–Crippen MR) is 108 cm³/mol. The molecule has 0 spiro atoms. The molecule has 2 saturated carbocycles. The highest BCUT2D eigenvalue weighted by Crippen LogP contribution is 2.44. The maximum absolute atomic E-state index is 12.2. The first kappa shape index (κ1) is 21.0. The number of ether oxygens (including phenoxy) is 1. The summed E-state index contributed by atoms with van der Waals surface area (Å²) in [6.07, 6.45) is 19.1. The Morgan fingerprint density at radius 1 is 0.815 bits per heavy atom. The van der Waals surface area contributed by atoms with Crippen molar-refractivity contribution in [2.75, 3.05) is 6.61 Å². The van der Waals surface area contributed by atoms with E-state index >= 15 is 0 Å². The quantitative estimate of drug-likeness (QED) is 0.433. The zero-order chi connectivity index (χ0) is 19.1. The summed E-state index contributed by atoms with van der Waals surface area (Å²) in [5.74, 6) is 4.17. The molecule has 154 valence electrons. The molecule has 0 aromatic rings. The zero-order valence-corrected chi connectivity index (χ0v) is 17.1. The van der Waals surface area contributed by atoms with Crippen LogP contribution in [0.1, 0.15) is 84.0 Å². The van der Waals surface area contributed by atoms with Crippen molar-refractivity contribution >= 4 is 0 Å². The molecule has 1 heterocycles. The summed E-state index contributed by atoms with van der Waals surface area (Å²) < 4.78 is 30.4. The molecule has 1 saturated heterocycles. The largest absolute Gasteiger partial charge is 0.374 e. The Hall–Kier alpha value is -0.700. The van der Waals surface area contributed by atoms with Crippen molar-refractivity contribution in [1.82, 2.24) is 0 Å². The molecule has 0 N–H and O–H groups in total. The molecular weight excluding hydrogens is 342 g/mol. The van der Waals surface area contributed by atoms with Gasteiger partial charge in [0, 0.05) is 0 Å². The van der Waals surface area contributed by atoms with Crippen LogP contribution in [-0.4, -0.2) is 12.7 Å². The first-order valence-electron chi connectivity index (χ1n) is 11.4. The summed E-state index contributed by atoms with van der Waals surface area (Å²) >= 11 is 0. The van der Waals surface area contributed by atoms with Crippen LogP contribution in [0.25, 0.3) is 0 Å². The van der Waals surface area contributed by atoms with Crippen LogP contribution in [0.2, 0.25) is 0 Å². The van der Waals surface area contributed by atoms with Crippen LogP contribution in [0, 0.1) is 29.6 Å². The Morgan fingerprint density at radius 3 is 1.89 bits per heavy atom. The molecule has 3 aliphatic rings. The molecule has 0 radical (unpaired) electrons. The minimum Gasteiger partial charge on any atom is -0.374 e. The van der Waals surface area contributed by atoms with Crippen molar-refractivity contribution in [1.29, 1.82) is 0 Å². The molecule has 3 heteroatoms. The van der Waals surface area contributed by atoms with E-state index in [-0.39, 0.29) is 0 Å². The molecule has 0 bridgehead atoms. The number of rotatable bonds is 6. The van der Waals surface area contributed by atoms with Gasteiger partial charge < -0.3 is 4.74 Å². The fourth-order valence-corrected chi connectivity index (χ4v) is 5.99. The van der Waals surface area contributed by atoms with Crippen molar-refractivity contribution in [3.8, 4) is 0 Å². The molecule has 3 fully saturated rings. The normalized spacial score (nSPS) is 38.0. The second kappa shape index (κ2) is 10.7. The minimum atomic E-state index is -1.51. The topological polar surface area (TPSA) is 9.23 Å². The fourth-order valence-electron chi connectivity index (χ4n) is 5.99. The summed E-state index contributed by atoms with van der Waals surface area (Å²) in [4.78, 5) is 0. The lowest BCUT2D eigenvalue weighted by Crippen LogP contribution is -2.33. The molecule has 0 amide bonds. The predicted octanol–water partition coefficient (Wildman–Crippen LogP) is 7.53. The fraction of sp³-hybridized carbons (Fsp3) is 0.833. The van der Waals surface area contributed by atoms with Gasteiger partial charge in [-0.25, -0.2) is 0 Å². The SMILES string of the molecule is C/C=C/C1CCC(C2CCC(C3CCC(CCC=C(F)F)CC3)CC2)CO1. The van der Waals surface area contributed by atoms with Crippen molar-refractivity contribution in [3.63, 3.8) is 0 Å². The van der Waals surface area contributed by atoms with Gasteiger partial charge in [0.2, 0.25) is 0 Å². The Morgan fingerprint density at radius 2 is 1.37 bits per heavy atom. The van der Waals surface area contributed by atoms with Crippen molar-refractivity contribution < 1.29 is 13.5 Å². The van der Waals surface area contributed by atoms with Crippen molar-refractivity contribution in [2.45, 2.75) is 90.1 Å². The van der Waals surface area contributed by atoms with Crippen LogP contribution in [0.5, 0.6) is 0 Å². The molecule has 0 aromatic heterocycles. The number of halogens is 2. The van der Waals surface area contributed by atoms with E-state index in [9.17, 15) is 8.78 Å². The number of hydrogen-bond acceptors (Lipinski definition) is 1. The van der Waals surface area contributed by atoms with Gasteiger partial charge in [0.05, 0.1) is 12.7 Å². The van der Waals surface area contributed by atoms with Gasteiger partial charge >= 0.3 is 0 Å². The molecule has 2 atom stereocenters. The van der Waals surface area contributed by atoms with Crippen LogP contribution in [0.4, 0.5) is 8.78 Å². The Labute approximate surface area is 164 Å². The second-order valence-electron chi connectivity index (χ2n) is 9.26. The zero-order valence-electron chi connectivity index (χ0n) is 17.1. The summed E-state index contributed by atoms with van der Waals surface area (Å²) in [7, 11) is 0. The van der Waals surface area contributed by atoms with E-state index in [1.165, 1.54) is 64.2 Å². The van der Waals surface area contributed by atoms with E-state index in [1.54, 1.807) is 0 Å². The van der Waals surface area contributed by atoms with Gasteiger partial charge in [0.15, 0.2) is 0 Å². The molecule has 3 rings (SSSR count). The van der Waals surface area contributed by atoms with Gasteiger partial charge in [0.1, 0.15) is 0 Å². The monoisotopic (exact) mass is 380 g/mol. The lowest BCUT2D eigenvalue weighted by molar-refractivity contribution is -0.0193. The third-order valence-electron chi connectivity index (χ3n) is 7.67. The van der Waals surface area contributed by atoms with Gasteiger partial charge in [-0.05, 0) is 107 Å². The average Bonchev–Trinajstić information content (AvgIpc) is 2.69. The highest BCUT2D eigenvalue weighted by molar-refractivity contribution is 4.91. The molecule has 1 aliphatic heterocycles. The highest BCUT2D eigenvalue weighted by Gasteiger charge is 2.34. The molecule has 2 unspecified atom stereocenters. The number of allylic oxidation sites excluding steroid dienone is 2. The minimum absolute atomic E-state index is 0.356. The molecule has 2 aliphatic carbocycles. The number of hydrogen-bond donors (Lipinski definition) is 0. The molecule has 0 aromatic carbocycles. The highest BCUT2D eigenvalue weighted by atomic mass is 19.3. The van der Waals surface area contributed by atoms with Gasteiger partial charge in [-0.15, -0.1) is 0 Å². The first-order chi connectivity index (χ1) is 13.2. The average molecular weight is 381 g/mol. The van der Waals surface area contributed by atoms with Gasteiger partial charge in [-0.3, -0.25) is 0 Å². The van der Waals surface area contributed by atoms with E-state index in [0.717, 1.165) is 42.8 Å². The third-order valence-corrected chi connectivity index (χ3v) is 7.67. The Bertz CT molecular complexity index is 473. The van der Waals surface area contributed by atoms with E-state index in [1.807, 2.05) is 0 Å². The Balaban J connectivity index is 1.34. The molecule has 1 nitrogen and oxygen atoms in total. The third kappa shape index (κ3) is 6.41. The molecule has 27 heavy (non-hydrogen) atoms. The van der Waals surface area contributed by atoms with Crippen LogP contribution < -0.4 is 0 Å². The van der Waals surface area contributed by atoms with Crippen LogP contribution in [0.3, 0.4) is 0 Å². The Kier molecular flexibility index (Phi) is 8.36. The van der Waals surface area contributed by atoms with Crippen molar-refractivity contribution in [3.05, 3.63) is 24.3 Å². The van der Waals surface area contributed by atoms with Crippen LogP contribution >= 0.6 is 0 Å². The first-order valence-corrected chi connectivity index (χ1v) is 11.4. The summed E-state index contributed by atoms with van der Waals surface area (Å²) in [6.45, 7) is 3.04. The van der Waals surface area contributed by atoms with Gasteiger partial charge in [-0.1, -0.05) is 25.0 Å². The molecular formula is C24H38F2O. The summed E-state index contributed by atoms with van der Waals surface area (Å²) in [5.41, 5.74) is 0. The van der Waals surface area contributed by atoms with Gasteiger partial charge in [-0.2, -0.15) is 8.78 Å².